The number of aromatic amines is 1. The molecule has 5 nitrogen and oxygen atoms in total. The lowest BCUT2D eigenvalue weighted by Crippen LogP contribution is -2.12. The molecule has 1 aromatic heterocycles. The fourth-order valence-electron chi connectivity index (χ4n) is 2.15. The van der Waals surface area contributed by atoms with Crippen molar-refractivity contribution in [2.24, 2.45) is 0 Å². The number of hydrogen-bond donors (Lipinski definition) is 3. The van der Waals surface area contributed by atoms with Gasteiger partial charge in [0.15, 0.2) is 0 Å². The number of H-pyrrole nitrogens is 1. The van der Waals surface area contributed by atoms with Crippen molar-refractivity contribution < 1.29 is 14.7 Å². The average molecular weight is 280 g/mol. The lowest BCUT2D eigenvalue weighted by atomic mass is 10.1. The van der Waals surface area contributed by atoms with E-state index in [4.69, 9.17) is 5.11 Å². The Morgan fingerprint density at radius 3 is 2.38 bits per heavy atom. The molecule has 1 heterocycles. The zero-order valence-corrected chi connectivity index (χ0v) is 11.0. The number of benzene rings is 2. The second-order valence-electron chi connectivity index (χ2n) is 4.58. The van der Waals surface area contributed by atoms with Gasteiger partial charge >= 0.3 is 5.97 Å². The van der Waals surface area contributed by atoms with E-state index in [0.29, 0.717) is 11.3 Å². The van der Waals surface area contributed by atoms with Crippen molar-refractivity contribution in [3.05, 3.63) is 65.9 Å². The summed E-state index contributed by atoms with van der Waals surface area (Å²) >= 11 is 0. The normalized spacial score (nSPS) is 10.5. The first-order valence-corrected chi connectivity index (χ1v) is 6.36. The van der Waals surface area contributed by atoms with Crippen molar-refractivity contribution in [2.75, 3.05) is 5.32 Å². The lowest BCUT2D eigenvalue weighted by Gasteiger charge is -2.07. The van der Waals surface area contributed by atoms with E-state index in [1.807, 2.05) is 30.5 Å². The Labute approximate surface area is 120 Å². The molecule has 21 heavy (non-hydrogen) atoms. The third kappa shape index (κ3) is 2.49. The van der Waals surface area contributed by atoms with E-state index in [1.54, 1.807) is 0 Å². The molecule has 0 aliphatic carbocycles. The fraction of sp³-hybridized carbons (Fsp3) is 0. The monoisotopic (exact) mass is 280 g/mol. The van der Waals surface area contributed by atoms with Gasteiger partial charge in [0, 0.05) is 17.1 Å². The molecular formula is C16H12N2O3. The predicted octanol–water partition coefficient (Wildman–Crippen LogP) is 3.12. The molecule has 0 unspecified atom stereocenters. The number of para-hydroxylation sites is 1. The summed E-state index contributed by atoms with van der Waals surface area (Å²) in [6.45, 7) is 0. The average Bonchev–Trinajstić information content (AvgIpc) is 2.97. The topological polar surface area (TPSA) is 82.2 Å². The maximum atomic E-state index is 12.2. The molecule has 0 radical (unpaired) electrons. The van der Waals surface area contributed by atoms with E-state index in [9.17, 15) is 9.59 Å². The summed E-state index contributed by atoms with van der Waals surface area (Å²) in [4.78, 5) is 26.1. The number of carbonyl (C=O) groups excluding carboxylic acids is 1. The lowest BCUT2D eigenvalue weighted by molar-refractivity contribution is 0.0696. The van der Waals surface area contributed by atoms with Crippen molar-refractivity contribution in [3.8, 4) is 0 Å². The van der Waals surface area contributed by atoms with Crippen LogP contribution in [-0.2, 0) is 0 Å². The molecule has 0 fully saturated rings. The number of nitrogens with one attached hydrogen (secondary N) is 2. The molecule has 0 saturated carbocycles. The van der Waals surface area contributed by atoms with Crippen LogP contribution < -0.4 is 5.32 Å². The maximum Gasteiger partial charge on any atom is 0.335 e. The molecule has 0 aliphatic heterocycles. The Bertz CT molecular complexity index is 819. The number of aromatic carboxylic acids is 1. The quantitative estimate of drug-likeness (QED) is 0.689. The molecule has 0 atom stereocenters. The smallest absolute Gasteiger partial charge is 0.335 e. The minimum Gasteiger partial charge on any atom is -0.478 e. The van der Waals surface area contributed by atoms with Gasteiger partial charge in [0.05, 0.1) is 16.8 Å². The van der Waals surface area contributed by atoms with E-state index in [0.717, 1.165) is 10.9 Å². The number of carbonyl (C=O) groups is 2. The molecule has 0 aliphatic rings. The highest BCUT2D eigenvalue weighted by molar-refractivity contribution is 6.08. The van der Waals surface area contributed by atoms with E-state index in [-0.39, 0.29) is 11.5 Å². The van der Waals surface area contributed by atoms with Gasteiger partial charge in [-0.25, -0.2) is 4.79 Å². The molecule has 0 bridgehead atoms. The Balaban J connectivity index is 1.86. The number of rotatable bonds is 3. The van der Waals surface area contributed by atoms with Gasteiger partial charge in [-0.1, -0.05) is 12.1 Å². The van der Waals surface area contributed by atoms with E-state index in [1.165, 1.54) is 24.3 Å². The summed E-state index contributed by atoms with van der Waals surface area (Å²) in [5, 5.41) is 12.7. The van der Waals surface area contributed by atoms with Crippen LogP contribution in [-0.4, -0.2) is 22.0 Å². The van der Waals surface area contributed by atoms with Crippen LogP contribution in [0.25, 0.3) is 10.9 Å². The third-order valence-electron chi connectivity index (χ3n) is 3.23. The van der Waals surface area contributed by atoms with Crippen LogP contribution in [0.3, 0.4) is 0 Å². The molecule has 1 amide bonds. The Hall–Kier alpha value is -3.08. The van der Waals surface area contributed by atoms with Gasteiger partial charge in [-0.3, -0.25) is 4.79 Å². The Morgan fingerprint density at radius 1 is 0.952 bits per heavy atom. The third-order valence-corrected chi connectivity index (χ3v) is 3.23. The standard InChI is InChI=1S/C16H12N2O3/c19-15(11-4-6-12(7-5-11)16(20)21)18-13-3-1-2-10-8-9-17-14(10)13/h1-9,17H,(H,18,19)(H,20,21). The number of aromatic nitrogens is 1. The van der Waals surface area contributed by atoms with Crippen LogP contribution in [0.5, 0.6) is 0 Å². The molecule has 3 rings (SSSR count). The first kappa shape index (κ1) is 12.9. The zero-order valence-electron chi connectivity index (χ0n) is 11.0. The number of hydrogen-bond acceptors (Lipinski definition) is 2. The van der Waals surface area contributed by atoms with Crippen LogP contribution in [0, 0.1) is 0 Å². The minimum atomic E-state index is -1.02. The molecule has 3 N–H and O–H groups in total. The van der Waals surface area contributed by atoms with E-state index >= 15 is 0 Å². The molecule has 0 spiro atoms. The molecule has 0 saturated heterocycles. The Morgan fingerprint density at radius 2 is 1.67 bits per heavy atom. The van der Waals surface area contributed by atoms with Gasteiger partial charge in [0.2, 0.25) is 0 Å². The molecule has 5 heteroatoms. The SMILES string of the molecule is O=C(O)c1ccc(C(=O)Nc2cccc3cc[nH]c23)cc1. The highest BCUT2D eigenvalue weighted by atomic mass is 16.4. The van der Waals surface area contributed by atoms with Crippen molar-refractivity contribution in [1.82, 2.24) is 4.98 Å². The number of anilines is 1. The van der Waals surface area contributed by atoms with Crippen LogP contribution in [0.2, 0.25) is 0 Å². The second-order valence-corrected chi connectivity index (χ2v) is 4.58. The van der Waals surface area contributed by atoms with Gasteiger partial charge < -0.3 is 15.4 Å². The summed E-state index contributed by atoms with van der Waals surface area (Å²) in [6, 6.07) is 13.3. The predicted molar refractivity (Wildman–Crippen MR) is 79.7 cm³/mol. The van der Waals surface area contributed by atoms with Gasteiger partial charge in [-0.15, -0.1) is 0 Å². The molecule has 3 aromatic rings. The number of amides is 1. The van der Waals surface area contributed by atoms with Crippen LogP contribution in [0.1, 0.15) is 20.7 Å². The Kier molecular flexibility index (Phi) is 3.16. The van der Waals surface area contributed by atoms with Crippen LogP contribution >= 0.6 is 0 Å². The summed E-state index contributed by atoms with van der Waals surface area (Å²) < 4.78 is 0. The van der Waals surface area contributed by atoms with Crippen molar-refractivity contribution in [1.29, 1.82) is 0 Å². The fourth-order valence-corrected chi connectivity index (χ4v) is 2.15. The van der Waals surface area contributed by atoms with Gasteiger partial charge in [0.25, 0.3) is 5.91 Å². The number of fused-ring (bicyclic) bond motifs is 1. The zero-order chi connectivity index (χ0) is 14.8. The first-order chi connectivity index (χ1) is 10.1. The summed E-state index contributed by atoms with van der Waals surface area (Å²) in [7, 11) is 0. The van der Waals surface area contributed by atoms with Gasteiger partial charge in [0.1, 0.15) is 0 Å². The van der Waals surface area contributed by atoms with E-state index in [2.05, 4.69) is 10.3 Å². The number of carboxylic acids is 1. The van der Waals surface area contributed by atoms with Crippen molar-refractivity contribution >= 4 is 28.5 Å². The first-order valence-electron chi connectivity index (χ1n) is 6.36. The van der Waals surface area contributed by atoms with Gasteiger partial charge in [-0.05, 0) is 36.4 Å². The maximum absolute atomic E-state index is 12.2. The summed E-state index contributed by atoms with van der Waals surface area (Å²) in [5.41, 5.74) is 2.10. The van der Waals surface area contributed by atoms with Crippen molar-refractivity contribution in [2.45, 2.75) is 0 Å². The van der Waals surface area contributed by atoms with Crippen LogP contribution in [0.4, 0.5) is 5.69 Å². The minimum absolute atomic E-state index is 0.151. The molecule has 2 aromatic carbocycles. The highest BCUT2D eigenvalue weighted by Gasteiger charge is 2.10. The highest BCUT2D eigenvalue weighted by Crippen LogP contribution is 2.22. The molecule has 104 valence electrons. The van der Waals surface area contributed by atoms with Crippen LogP contribution in [0.15, 0.2) is 54.7 Å². The summed E-state index contributed by atoms with van der Waals surface area (Å²) in [6.07, 6.45) is 1.81. The number of carboxylic acid groups (broad SMARTS) is 1. The largest absolute Gasteiger partial charge is 0.478 e. The molecular weight excluding hydrogens is 268 g/mol. The van der Waals surface area contributed by atoms with Gasteiger partial charge in [-0.2, -0.15) is 0 Å². The van der Waals surface area contributed by atoms with E-state index < -0.39 is 5.97 Å². The second kappa shape index (κ2) is 5.13. The van der Waals surface area contributed by atoms with Crippen molar-refractivity contribution in [3.63, 3.8) is 0 Å². The summed E-state index contributed by atoms with van der Waals surface area (Å²) in [5.74, 6) is -1.30.